The molecule has 16 nitrogen and oxygen atoms in total. The van der Waals surface area contributed by atoms with E-state index in [1.165, 1.54) is 0 Å². The summed E-state index contributed by atoms with van der Waals surface area (Å²) in [4.78, 5) is 12.4. The molecule has 6 unspecified atom stereocenters. The van der Waals surface area contributed by atoms with Crippen LogP contribution in [0.4, 0.5) is 0 Å². The van der Waals surface area contributed by atoms with Crippen molar-refractivity contribution in [2.45, 2.75) is 92.0 Å². The van der Waals surface area contributed by atoms with E-state index in [0.29, 0.717) is 0 Å². The molecular formula is C21H40N6O10. The average Bonchev–Trinajstić information content (AvgIpc) is 2.88. The lowest BCUT2D eigenvalue weighted by molar-refractivity contribution is -0.312. The summed E-state index contributed by atoms with van der Waals surface area (Å²) in [6, 6.07) is -3.79. The van der Waals surface area contributed by atoms with Gasteiger partial charge in [-0.05, 0) is 6.42 Å². The van der Waals surface area contributed by atoms with Gasteiger partial charge in [-0.2, -0.15) is 0 Å². The van der Waals surface area contributed by atoms with E-state index in [0.717, 1.165) is 0 Å². The van der Waals surface area contributed by atoms with Crippen LogP contribution in [0.5, 0.6) is 0 Å². The molecule has 16 N–H and O–H groups in total. The second-order valence-electron chi connectivity index (χ2n) is 9.48. The zero-order valence-corrected chi connectivity index (χ0v) is 20.2. The molecule has 1 saturated carbocycles. The Hall–Kier alpha value is -1.35. The molecule has 0 radical (unpaired) electrons. The molecule has 3 rings (SSSR count). The van der Waals surface area contributed by atoms with Gasteiger partial charge in [-0.15, -0.1) is 0 Å². The molecule has 2 aliphatic heterocycles. The number of rotatable bonds is 9. The van der Waals surface area contributed by atoms with Crippen LogP contribution in [-0.4, -0.2) is 137 Å². The van der Waals surface area contributed by atoms with Crippen molar-refractivity contribution in [3.05, 3.63) is 12.2 Å². The smallest absolute Gasteiger partial charge is 0.250 e. The Morgan fingerprint density at radius 3 is 2.30 bits per heavy atom. The zero-order valence-electron chi connectivity index (χ0n) is 20.2. The van der Waals surface area contributed by atoms with Crippen molar-refractivity contribution in [2.75, 3.05) is 19.7 Å². The molecule has 1 aliphatic carbocycles. The highest BCUT2D eigenvalue weighted by Gasteiger charge is 2.51. The van der Waals surface area contributed by atoms with E-state index in [2.05, 4.69) is 5.32 Å². The van der Waals surface area contributed by atoms with Gasteiger partial charge in [0.25, 0.3) is 0 Å². The number of hydrogen-bond donors (Lipinski definition) is 11. The maximum Gasteiger partial charge on any atom is 0.250 e. The highest BCUT2D eigenvalue weighted by molar-refractivity contribution is 5.81. The normalized spacial score (nSPS) is 45.4. The van der Waals surface area contributed by atoms with E-state index in [9.17, 15) is 30.3 Å². The Morgan fingerprint density at radius 1 is 1.00 bits per heavy atom. The third-order valence-corrected chi connectivity index (χ3v) is 6.79. The van der Waals surface area contributed by atoms with Crippen molar-refractivity contribution in [2.24, 2.45) is 28.7 Å². The quantitative estimate of drug-likeness (QED) is 0.122. The van der Waals surface area contributed by atoms with Crippen molar-refractivity contribution in [1.82, 2.24) is 5.32 Å². The molecule has 16 heteroatoms. The first-order valence-electron chi connectivity index (χ1n) is 12.1. The molecule has 37 heavy (non-hydrogen) atoms. The van der Waals surface area contributed by atoms with Gasteiger partial charge >= 0.3 is 0 Å². The Balaban J connectivity index is 1.83. The number of amides is 1. The minimum Gasteiger partial charge on any atom is -0.394 e. The van der Waals surface area contributed by atoms with E-state index in [1.807, 2.05) is 0 Å². The van der Waals surface area contributed by atoms with Gasteiger partial charge < -0.3 is 78.5 Å². The summed E-state index contributed by atoms with van der Waals surface area (Å²) in [5, 5.41) is 53.9. The van der Waals surface area contributed by atoms with Crippen LogP contribution < -0.4 is 34.0 Å². The van der Waals surface area contributed by atoms with Gasteiger partial charge in [-0.1, -0.05) is 12.2 Å². The molecule has 0 aromatic carbocycles. The van der Waals surface area contributed by atoms with Crippen molar-refractivity contribution >= 4 is 5.91 Å². The molecule has 2 heterocycles. The molecule has 0 bridgehead atoms. The minimum atomic E-state index is -1.56. The number of hydrogen-bond acceptors (Lipinski definition) is 15. The summed E-state index contributed by atoms with van der Waals surface area (Å²) in [5.74, 6) is -0.834. The molecule has 0 spiro atoms. The van der Waals surface area contributed by atoms with Gasteiger partial charge in [0.1, 0.15) is 42.7 Å². The van der Waals surface area contributed by atoms with Crippen LogP contribution in [0.1, 0.15) is 6.42 Å². The van der Waals surface area contributed by atoms with Crippen molar-refractivity contribution < 1.29 is 49.3 Å². The van der Waals surface area contributed by atoms with Crippen molar-refractivity contribution in [1.29, 1.82) is 0 Å². The maximum atomic E-state index is 12.4. The van der Waals surface area contributed by atoms with Gasteiger partial charge in [0.2, 0.25) is 5.91 Å². The molecule has 2 fully saturated rings. The number of aliphatic hydroxyl groups excluding tert-OH is 5. The van der Waals surface area contributed by atoms with Crippen LogP contribution in [0, 0.1) is 0 Å². The maximum absolute atomic E-state index is 12.4. The van der Waals surface area contributed by atoms with Crippen LogP contribution in [0.3, 0.4) is 0 Å². The van der Waals surface area contributed by atoms with Gasteiger partial charge in [0.05, 0.1) is 30.8 Å². The predicted molar refractivity (Wildman–Crippen MR) is 126 cm³/mol. The summed E-state index contributed by atoms with van der Waals surface area (Å²) in [6.45, 7) is -0.811. The predicted octanol–water partition coefficient (Wildman–Crippen LogP) is -7.01. The number of nitrogens with two attached hydrogens (primary N) is 5. The fourth-order valence-electron chi connectivity index (χ4n) is 4.57. The number of ether oxygens (including phenoxy) is 4. The van der Waals surface area contributed by atoms with Crippen LogP contribution in [-0.2, 0) is 23.7 Å². The van der Waals surface area contributed by atoms with Gasteiger partial charge in [0, 0.05) is 19.1 Å². The number of carbonyl (C=O) groups is 1. The summed E-state index contributed by atoms with van der Waals surface area (Å²) in [6.07, 6.45) is -9.26. The molecule has 3 aliphatic rings. The van der Waals surface area contributed by atoms with E-state index >= 15 is 0 Å². The second kappa shape index (κ2) is 13.1. The minimum absolute atomic E-state index is 0.00549. The van der Waals surface area contributed by atoms with Gasteiger partial charge in [0.15, 0.2) is 12.6 Å². The van der Waals surface area contributed by atoms with E-state index in [-0.39, 0.29) is 19.5 Å². The molecule has 0 aromatic rings. The number of nitrogens with one attached hydrogen (secondary N) is 1. The SMILES string of the molecule is NCC1C=CC(N)[C@H](OC2C(O)[C@H](O[C@@H]3OC(CO)[C@H](O)[C@H](N)C3O)[C@H](NC(=O)[C@H](O)CN)C[C@@H]2N)O1. The standard InChI is InChI=1S/C21H40N6O10/c22-4-7-1-2-8(24)20(34-7)36-17-9(25)3-10(27-19(33)11(29)5-23)18(16(17)32)37-21-15(31)13(26)14(30)12(6-28)35-21/h1-2,7-18,20-21,28-32H,3-6,22-26H2,(H,27,33)/t7?,8?,9-,10+,11+,12?,13-,14-,15?,16?,17?,18+,20-,21-/m0/s1. The van der Waals surface area contributed by atoms with Crippen molar-refractivity contribution in [3.63, 3.8) is 0 Å². The van der Waals surface area contributed by atoms with Crippen molar-refractivity contribution in [3.8, 4) is 0 Å². The first kappa shape index (κ1) is 30.2. The Kier molecular flexibility index (Phi) is 10.7. The van der Waals surface area contributed by atoms with Gasteiger partial charge in [-0.3, -0.25) is 4.79 Å². The Morgan fingerprint density at radius 2 is 1.68 bits per heavy atom. The molecular weight excluding hydrogens is 496 g/mol. The summed E-state index contributed by atoms with van der Waals surface area (Å²) >= 11 is 0. The van der Waals surface area contributed by atoms with E-state index < -0.39 is 98.1 Å². The lowest BCUT2D eigenvalue weighted by atomic mass is 9.83. The van der Waals surface area contributed by atoms with Crippen LogP contribution >= 0.6 is 0 Å². The monoisotopic (exact) mass is 536 g/mol. The third kappa shape index (κ3) is 6.81. The van der Waals surface area contributed by atoms with Crippen LogP contribution in [0.15, 0.2) is 12.2 Å². The molecule has 1 amide bonds. The average molecular weight is 537 g/mol. The first-order chi connectivity index (χ1) is 17.5. The molecule has 14 atom stereocenters. The Bertz CT molecular complexity index is 780. The highest BCUT2D eigenvalue weighted by atomic mass is 16.7. The fraction of sp³-hybridized carbons (Fsp3) is 0.857. The Labute approximate surface area is 213 Å². The van der Waals surface area contributed by atoms with Gasteiger partial charge in [-0.25, -0.2) is 0 Å². The van der Waals surface area contributed by atoms with Crippen LogP contribution in [0.2, 0.25) is 0 Å². The summed E-state index contributed by atoms with van der Waals surface area (Å²) in [7, 11) is 0. The first-order valence-corrected chi connectivity index (χ1v) is 12.1. The lowest BCUT2D eigenvalue weighted by Crippen LogP contribution is -2.69. The largest absolute Gasteiger partial charge is 0.394 e. The fourth-order valence-corrected chi connectivity index (χ4v) is 4.57. The van der Waals surface area contributed by atoms with Crippen LogP contribution in [0.25, 0.3) is 0 Å². The third-order valence-electron chi connectivity index (χ3n) is 6.79. The zero-order chi connectivity index (χ0) is 27.4. The second-order valence-corrected chi connectivity index (χ2v) is 9.48. The number of carbonyl (C=O) groups excluding carboxylic acids is 1. The van der Waals surface area contributed by atoms with E-state index in [4.69, 9.17) is 47.6 Å². The summed E-state index contributed by atoms with van der Waals surface area (Å²) < 4.78 is 23.0. The number of aliphatic hydroxyl groups is 5. The molecule has 0 aromatic heterocycles. The molecule has 214 valence electrons. The summed E-state index contributed by atoms with van der Waals surface area (Å²) in [5.41, 5.74) is 29.3. The highest BCUT2D eigenvalue weighted by Crippen LogP contribution is 2.30. The topological polar surface area (TPSA) is 297 Å². The van der Waals surface area contributed by atoms with E-state index in [1.54, 1.807) is 12.2 Å². The molecule has 1 saturated heterocycles. The lowest BCUT2D eigenvalue weighted by Gasteiger charge is -2.48.